The van der Waals surface area contributed by atoms with E-state index < -0.39 is 0 Å². The molecule has 3 heteroatoms. The first-order valence-corrected chi connectivity index (χ1v) is 7.28. The lowest BCUT2D eigenvalue weighted by atomic mass is 10.1. The smallest absolute Gasteiger partial charge is 0.219 e. The number of hydrogen-bond donors (Lipinski definition) is 1. The van der Waals surface area contributed by atoms with Crippen LogP contribution >= 0.6 is 0 Å². The molecule has 0 aliphatic heterocycles. The van der Waals surface area contributed by atoms with E-state index in [1.165, 1.54) is 11.1 Å². The minimum Gasteiger partial charge on any atom is -0.439 e. The maximum absolute atomic E-state index is 5.92. The average molecular weight is 284 g/mol. The fourth-order valence-electron chi connectivity index (χ4n) is 1.91. The van der Waals surface area contributed by atoms with Crippen LogP contribution in [0.25, 0.3) is 0 Å². The molecule has 2 rings (SSSR count). The summed E-state index contributed by atoms with van der Waals surface area (Å²) >= 11 is 0. The van der Waals surface area contributed by atoms with Crippen LogP contribution in [0, 0.1) is 13.8 Å². The van der Waals surface area contributed by atoms with Gasteiger partial charge in [0.25, 0.3) is 0 Å². The molecule has 2 aromatic rings. The molecule has 1 heterocycles. The first-order chi connectivity index (χ1) is 9.83. The zero-order chi connectivity index (χ0) is 15.5. The highest BCUT2D eigenvalue weighted by molar-refractivity contribution is 5.38. The van der Waals surface area contributed by atoms with Crippen molar-refractivity contribution >= 4 is 0 Å². The molecule has 1 aromatic heterocycles. The molecule has 0 saturated heterocycles. The van der Waals surface area contributed by atoms with E-state index >= 15 is 0 Å². The van der Waals surface area contributed by atoms with Crippen LogP contribution < -0.4 is 10.1 Å². The van der Waals surface area contributed by atoms with Gasteiger partial charge in [-0.15, -0.1) is 0 Å². The third-order valence-corrected chi connectivity index (χ3v) is 3.18. The minimum absolute atomic E-state index is 0.0947. The quantitative estimate of drug-likeness (QED) is 0.904. The number of nitrogens with one attached hydrogen (secondary N) is 1. The SMILES string of the molecule is Cc1ccc(C)c(Oc2cc(CNC(C)(C)C)ccn2)c1. The Morgan fingerprint density at radius 3 is 2.57 bits per heavy atom. The van der Waals surface area contributed by atoms with E-state index in [1.807, 2.05) is 25.1 Å². The summed E-state index contributed by atoms with van der Waals surface area (Å²) in [6, 6.07) is 10.2. The van der Waals surface area contributed by atoms with Gasteiger partial charge in [0, 0.05) is 24.3 Å². The fraction of sp³-hybridized carbons (Fsp3) is 0.389. The topological polar surface area (TPSA) is 34.1 Å². The molecule has 0 radical (unpaired) electrons. The van der Waals surface area contributed by atoms with Crippen molar-refractivity contribution in [1.29, 1.82) is 0 Å². The normalized spacial score (nSPS) is 11.5. The van der Waals surface area contributed by atoms with Crippen LogP contribution in [0.2, 0.25) is 0 Å². The van der Waals surface area contributed by atoms with Crippen molar-refractivity contribution < 1.29 is 4.74 Å². The van der Waals surface area contributed by atoms with Crippen LogP contribution in [0.1, 0.15) is 37.5 Å². The highest BCUT2D eigenvalue weighted by atomic mass is 16.5. The molecule has 0 amide bonds. The van der Waals surface area contributed by atoms with E-state index in [0.29, 0.717) is 5.88 Å². The van der Waals surface area contributed by atoms with E-state index in [1.54, 1.807) is 6.20 Å². The number of aromatic nitrogens is 1. The minimum atomic E-state index is 0.0947. The van der Waals surface area contributed by atoms with Gasteiger partial charge >= 0.3 is 0 Å². The summed E-state index contributed by atoms with van der Waals surface area (Å²) in [6.07, 6.45) is 1.79. The standard InChI is InChI=1S/C18H24N2O/c1-13-6-7-14(2)16(10-13)21-17-11-15(8-9-19-17)12-20-18(3,4)5/h6-11,20H,12H2,1-5H3. The van der Waals surface area contributed by atoms with Gasteiger partial charge in [-0.1, -0.05) is 12.1 Å². The Kier molecular flexibility index (Phi) is 4.63. The van der Waals surface area contributed by atoms with Gasteiger partial charge in [-0.05, 0) is 63.4 Å². The van der Waals surface area contributed by atoms with Crippen molar-refractivity contribution in [3.8, 4) is 11.6 Å². The number of benzene rings is 1. The lowest BCUT2D eigenvalue weighted by molar-refractivity contribution is 0.421. The van der Waals surface area contributed by atoms with E-state index in [9.17, 15) is 0 Å². The number of pyridine rings is 1. The van der Waals surface area contributed by atoms with Crippen LogP contribution in [0.15, 0.2) is 36.5 Å². The Morgan fingerprint density at radius 2 is 1.86 bits per heavy atom. The molecule has 0 spiro atoms. The molecule has 0 saturated carbocycles. The molecule has 21 heavy (non-hydrogen) atoms. The third kappa shape index (κ3) is 4.87. The zero-order valence-electron chi connectivity index (χ0n) is 13.5. The molecule has 1 N–H and O–H groups in total. The number of nitrogens with zero attached hydrogens (tertiary/aromatic N) is 1. The molecular formula is C18H24N2O. The zero-order valence-corrected chi connectivity index (χ0v) is 13.5. The molecule has 0 aliphatic carbocycles. The van der Waals surface area contributed by atoms with Crippen LogP contribution in [0.3, 0.4) is 0 Å². The Labute approximate surface area is 127 Å². The molecule has 0 aliphatic rings. The molecular weight excluding hydrogens is 260 g/mol. The molecule has 0 fully saturated rings. The highest BCUT2D eigenvalue weighted by Gasteiger charge is 2.09. The molecule has 1 aromatic carbocycles. The second kappa shape index (κ2) is 6.27. The first-order valence-electron chi connectivity index (χ1n) is 7.28. The van der Waals surface area contributed by atoms with Gasteiger partial charge in [0.2, 0.25) is 5.88 Å². The van der Waals surface area contributed by atoms with E-state index in [4.69, 9.17) is 4.74 Å². The molecule has 3 nitrogen and oxygen atoms in total. The molecule has 0 bridgehead atoms. The van der Waals surface area contributed by atoms with Gasteiger partial charge < -0.3 is 10.1 Å². The third-order valence-electron chi connectivity index (χ3n) is 3.18. The monoisotopic (exact) mass is 284 g/mol. The second-order valence-corrected chi connectivity index (χ2v) is 6.48. The Hall–Kier alpha value is -1.87. The summed E-state index contributed by atoms with van der Waals surface area (Å²) in [4.78, 5) is 4.30. The second-order valence-electron chi connectivity index (χ2n) is 6.48. The summed E-state index contributed by atoms with van der Waals surface area (Å²) < 4.78 is 5.92. The molecule has 0 unspecified atom stereocenters. The fourth-order valence-corrected chi connectivity index (χ4v) is 1.91. The maximum Gasteiger partial charge on any atom is 0.219 e. The van der Waals surface area contributed by atoms with Gasteiger partial charge in [-0.2, -0.15) is 0 Å². The van der Waals surface area contributed by atoms with Crippen molar-refractivity contribution in [2.75, 3.05) is 0 Å². The lowest BCUT2D eigenvalue weighted by Gasteiger charge is -2.20. The summed E-state index contributed by atoms with van der Waals surface area (Å²) in [7, 11) is 0. The van der Waals surface area contributed by atoms with Crippen LogP contribution in [-0.2, 0) is 6.54 Å². The summed E-state index contributed by atoms with van der Waals surface area (Å²) in [5.41, 5.74) is 3.55. The van der Waals surface area contributed by atoms with Gasteiger partial charge in [-0.3, -0.25) is 0 Å². The van der Waals surface area contributed by atoms with Crippen LogP contribution in [0.5, 0.6) is 11.6 Å². The predicted octanol–water partition coefficient (Wildman–Crippen LogP) is 4.38. The Balaban J connectivity index is 2.12. The first kappa shape index (κ1) is 15.5. The summed E-state index contributed by atoms with van der Waals surface area (Å²) in [5, 5.41) is 3.47. The maximum atomic E-state index is 5.92. The van der Waals surface area contributed by atoms with E-state index in [0.717, 1.165) is 17.9 Å². The van der Waals surface area contributed by atoms with Gasteiger partial charge in [0.15, 0.2) is 0 Å². The summed E-state index contributed by atoms with van der Waals surface area (Å²) in [5.74, 6) is 1.50. The Bertz CT molecular complexity index is 615. The van der Waals surface area contributed by atoms with Gasteiger partial charge in [0.1, 0.15) is 5.75 Å². The number of hydrogen-bond acceptors (Lipinski definition) is 3. The molecule has 112 valence electrons. The van der Waals surface area contributed by atoms with Gasteiger partial charge in [0.05, 0.1) is 0 Å². The molecule has 0 atom stereocenters. The van der Waals surface area contributed by atoms with Gasteiger partial charge in [-0.25, -0.2) is 4.98 Å². The number of rotatable bonds is 4. The number of aryl methyl sites for hydroxylation is 2. The highest BCUT2D eigenvalue weighted by Crippen LogP contribution is 2.25. The van der Waals surface area contributed by atoms with E-state index in [-0.39, 0.29) is 5.54 Å². The van der Waals surface area contributed by atoms with Crippen molar-refractivity contribution in [3.05, 3.63) is 53.2 Å². The Morgan fingerprint density at radius 1 is 1.10 bits per heavy atom. The van der Waals surface area contributed by atoms with Crippen molar-refractivity contribution in [2.45, 2.75) is 46.7 Å². The number of ether oxygens (including phenoxy) is 1. The van der Waals surface area contributed by atoms with E-state index in [2.05, 4.69) is 50.1 Å². The van der Waals surface area contributed by atoms with Crippen LogP contribution in [0.4, 0.5) is 0 Å². The lowest BCUT2D eigenvalue weighted by Crippen LogP contribution is -2.35. The van der Waals surface area contributed by atoms with Crippen molar-refractivity contribution in [2.24, 2.45) is 0 Å². The summed E-state index contributed by atoms with van der Waals surface area (Å²) in [6.45, 7) is 11.4. The van der Waals surface area contributed by atoms with Crippen LogP contribution in [-0.4, -0.2) is 10.5 Å². The van der Waals surface area contributed by atoms with Crippen molar-refractivity contribution in [1.82, 2.24) is 10.3 Å². The average Bonchev–Trinajstić information content (AvgIpc) is 2.40. The largest absolute Gasteiger partial charge is 0.439 e. The van der Waals surface area contributed by atoms with Crippen molar-refractivity contribution in [3.63, 3.8) is 0 Å². The predicted molar refractivity (Wildman–Crippen MR) is 86.8 cm³/mol.